The average Bonchev–Trinajstić information content (AvgIpc) is 2.53. The number of anilines is 1. The van der Waals surface area contributed by atoms with Gasteiger partial charge in [-0.3, -0.25) is 9.59 Å². The number of benzene rings is 1. The Balaban J connectivity index is 2.40. The molecule has 0 saturated heterocycles. The zero-order valence-corrected chi connectivity index (χ0v) is 16.9. The van der Waals surface area contributed by atoms with Gasteiger partial charge in [0, 0.05) is 18.7 Å². The summed E-state index contributed by atoms with van der Waals surface area (Å²) in [5, 5.41) is 5.65. The van der Waals surface area contributed by atoms with E-state index in [0.717, 1.165) is 12.1 Å². The number of amides is 2. The summed E-state index contributed by atoms with van der Waals surface area (Å²) < 4.78 is 0. The van der Waals surface area contributed by atoms with E-state index in [4.69, 9.17) is 0 Å². The standard InChI is InChI=1S/C19H29BrN2O2/c1-6-13(2)14-7-9-15(10-8-14)22-16(23)11-12-21-18(24)17(20)19(3,4)5/h7-10,13,17H,6,11-12H2,1-5H3,(H,21,24)(H,22,23)/t13-,17+/m0/s1. The largest absolute Gasteiger partial charge is 0.355 e. The molecule has 1 aromatic carbocycles. The minimum atomic E-state index is -0.277. The Morgan fingerprint density at radius 3 is 2.25 bits per heavy atom. The number of carbonyl (C=O) groups is 2. The monoisotopic (exact) mass is 396 g/mol. The minimum absolute atomic E-state index is 0.0896. The van der Waals surface area contributed by atoms with Crippen LogP contribution in [0.1, 0.15) is 58.9 Å². The summed E-state index contributed by atoms with van der Waals surface area (Å²) in [6.45, 7) is 10.6. The molecular formula is C19H29BrN2O2. The highest BCUT2D eigenvalue weighted by atomic mass is 79.9. The molecule has 134 valence electrons. The first-order valence-electron chi connectivity index (χ1n) is 8.46. The lowest BCUT2D eigenvalue weighted by Crippen LogP contribution is -2.39. The molecule has 0 spiro atoms. The number of nitrogens with one attached hydrogen (secondary N) is 2. The molecule has 2 atom stereocenters. The normalized spacial score (nSPS) is 13.9. The van der Waals surface area contributed by atoms with Crippen molar-refractivity contribution in [2.75, 3.05) is 11.9 Å². The third-order valence-electron chi connectivity index (χ3n) is 4.02. The first-order chi connectivity index (χ1) is 11.1. The first-order valence-corrected chi connectivity index (χ1v) is 9.38. The number of hydrogen-bond donors (Lipinski definition) is 2. The fraction of sp³-hybridized carbons (Fsp3) is 0.579. The van der Waals surface area contributed by atoms with Crippen LogP contribution in [0.4, 0.5) is 5.69 Å². The van der Waals surface area contributed by atoms with Crippen LogP contribution in [0.15, 0.2) is 24.3 Å². The third kappa shape index (κ3) is 6.63. The van der Waals surface area contributed by atoms with Crippen LogP contribution in [0.3, 0.4) is 0 Å². The van der Waals surface area contributed by atoms with Crippen LogP contribution >= 0.6 is 15.9 Å². The molecule has 0 radical (unpaired) electrons. The molecular weight excluding hydrogens is 368 g/mol. The van der Waals surface area contributed by atoms with Crippen LogP contribution in [0.25, 0.3) is 0 Å². The SMILES string of the molecule is CC[C@H](C)c1ccc(NC(=O)CCNC(=O)[C@@H](Br)C(C)(C)C)cc1. The number of rotatable bonds is 7. The summed E-state index contributed by atoms with van der Waals surface area (Å²) >= 11 is 3.40. The Morgan fingerprint density at radius 2 is 1.75 bits per heavy atom. The molecule has 0 fully saturated rings. The average molecular weight is 397 g/mol. The molecule has 5 heteroatoms. The summed E-state index contributed by atoms with van der Waals surface area (Å²) in [6.07, 6.45) is 1.34. The lowest BCUT2D eigenvalue weighted by atomic mass is 9.92. The van der Waals surface area contributed by atoms with Gasteiger partial charge in [0.25, 0.3) is 0 Å². The van der Waals surface area contributed by atoms with E-state index in [1.165, 1.54) is 5.56 Å². The topological polar surface area (TPSA) is 58.2 Å². The highest BCUT2D eigenvalue weighted by molar-refractivity contribution is 9.10. The molecule has 0 bridgehead atoms. The molecule has 0 saturated carbocycles. The molecule has 1 aromatic rings. The molecule has 0 heterocycles. The van der Waals surface area contributed by atoms with Crippen LogP contribution in [-0.2, 0) is 9.59 Å². The van der Waals surface area contributed by atoms with Gasteiger partial charge in [0.15, 0.2) is 0 Å². The summed E-state index contributed by atoms with van der Waals surface area (Å²) in [7, 11) is 0. The highest BCUT2D eigenvalue weighted by Crippen LogP contribution is 2.26. The Kier molecular flexibility index (Phi) is 7.94. The van der Waals surface area contributed by atoms with Gasteiger partial charge in [-0.25, -0.2) is 0 Å². The van der Waals surface area contributed by atoms with Crippen molar-refractivity contribution in [3.8, 4) is 0 Å². The predicted octanol–water partition coefficient (Wildman–Crippen LogP) is 4.45. The van der Waals surface area contributed by atoms with Crippen LogP contribution in [0.2, 0.25) is 0 Å². The second kappa shape index (κ2) is 9.21. The van der Waals surface area contributed by atoms with E-state index in [2.05, 4.69) is 40.4 Å². The van der Waals surface area contributed by atoms with E-state index in [0.29, 0.717) is 12.5 Å². The quantitative estimate of drug-likeness (QED) is 0.668. The van der Waals surface area contributed by atoms with Crippen molar-refractivity contribution >= 4 is 33.4 Å². The van der Waals surface area contributed by atoms with E-state index in [1.807, 2.05) is 45.0 Å². The Morgan fingerprint density at radius 1 is 1.17 bits per heavy atom. The van der Waals surface area contributed by atoms with Crippen molar-refractivity contribution in [3.63, 3.8) is 0 Å². The van der Waals surface area contributed by atoms with Crippen molar-refractivity contribution in [3.05, 3.63) is 29.8 Å². The maximum atomic E-state index is 12.0. The van der Waals surface area contributed by atoms with Crippen LogP contribution in [-0.4, -0.2) is 23.2 Å². The van der Waals surface area contributed by atoms with Crippen molar-refractivity contribution in [1.29, 1.82) is 0 Å². The molecule has 24 heavy (non-hydrogen) atoms. The van der Waals surface area contributed by atoms with Gasteiger partial charge in [0.2, 0.25) is 11.8 Å². The van der Waals surface area contributed by atoms with E-state index in [9.17, 15) is 9.59 Å². The van der Waals surface area contributed by atoms with Crippen molar-refractivity contribution in [2.45, 2.75) is 58.2 Å². The van der Waals surface area contributed by atoms with Gasteiger partial charge >= 0.3 is 0 Å². The number of carbonyl (C=O) groups excluding carboxylic acids is 2. The highest BCUT2D eigenvalue weighted by Gasteiger charge is 2.28. The van der Waals surface area contributed by atoms with Gasteiger partial charge in [0.1, 0.15) is 0 Å². The maximum absolute atomic E-state index is 12.0. The second-order valence-corrected chi connectivity index (χ2v) is 8.16. The second-order valence-electron chi connectivity index (χ2n) is 7.25. The Bertz CT molecular complexity index is 549. The van der Waals surface area contributed by atoms with Crippen LogP contribution in [0.5, 0.6) is 0 Å². The smallest absolute Gasteiger partial charge is 0.234 e. The van der Waals surface area contributed by atoms with Gasteiger partial charge in [-0.1, -0.05) is 62.7 Å². The molecule has 1 rings (SSSR count). The minimum Gasteiger partial charge on any atom is -0.355 e. The van der Waals surface area contributed by atoms with E-state index in [1.54, 1.807) is 0 Å². The zero-order chi connectivity index (χ0) is 18.3. The van der Waals surface area contributed by atoms with Crippen LogP contribution in [0, 0.1) is 5.41 Å². The van der Waals surface area contributed by atoms with Gasteiger partial charge < -0.3 is 10.6 Å². The lowest BCUT2D eigenvalue weighted by molar-refractivity contribution is -0.122. The van der Waals surface area contributed by atoms with E-state index in [-0.39, 0.29) is 28.5 Å². The first kappa shape index (κ1) is 20.7. The Hall–Kier alpha value is -1.36. The summed E-state index contributed by atoms with van der Waals surface area (Å²) in [4.78, 5) is 23.7. The molecule has 0 aliphatic carbocycles. The lowest BCUT2D eigenvalue weighted by Gasteiger charge is -2.24. The van der Waals surface area contributed by atoms with Crippen molar-refractivity contribution in [2.24, 2.45) is 5.41 Å². The van der Waals surface area contributed by atoms with Crippen molar-refractivity contribution in [1.82, 2.24) is 5.32 Å². The molecule has 4 nitrogen and oxygen atoms in total. The maximum Gasteiger partial charge on any atom is 0.234 e. The number of hydrogen-bond acceptors (Lipinski definition) is 2. The fourth-order valence-corrected chi connectivity index (χ4v) is 2.30. The summed E-state index contributed by atoms with van der Waals surface area (Å²) in [5.74, 6) is 0.326. The zero-order valence-electron chi connectivity index (χ0n) is 15.3. The van der Waals surface area contributed by atoms with Gasteiger partial charge in [-0.15, -0.1) is 0 Å². The molecule has 0 unspecified atom stereocenters. The fourth-order valence-electron chi connectivity index (χ4n) is 2.14. The summed E-state index contributed by atoms with van der Waals surface area (Å²) in [6, 6.07) is 7.94. The summed E-state index contributed by atoms with van der Waals surface area (Å²) in [5.41, 5.74) is 1.89. The molecule has 2 N–H and O–H groups in total. The molecule has 0 aliphatic rings. The van der Waals surface area contributed by atoms with Crippen LogP contribution < -0.4 is 10.6 Å². The predicted molar refractivity (Wildman–Crippen MR) is 104 cm³/mol. The third-order valence-corrected chi connectivity index (χ3v) is 5.81. The van der Waals surface area contributed by atoms with E-state index < -0.39 is 0 Å². The molecule has 2 amide bonds. The van der Waals surface area contributed by atoms with Gasteiger partial charge in [-0.05, 0) is 35.4 Å². The van der Waals surface area contributed by atoms with Gasteiger partial charge in [0.05, 0.1) is 4.83 Å². The molecule has 0 aromatic heterocycles. The van der Waals surface area contributed by atoms with Gasteiger partial charge in [-0.2, -0.15) is 0 Å². The number of halogens is 1. The van der Waals surface area contributed by atoms with E-state index >= 15 is 0 Å². The van der Waals surface area contributed by atoms with Crippen molar-refractivity contribution < 1.29 is 9.59 Å². The Labute approximate surface area is 153 Å². The molecule has 0 aliphatic heterocycles. The number of alkyl halides is 1.